The number of anilines is 1. The number of halogens is 2. The summed E-state index contributed by atoms with van der Waals surface area (Å²) in [6.45, 7) is 2.79. The van der Waals surface area contributed by atoms with Crippen molar-refractivity contribution in [1.29, 1.82) is 0 Å². The summed E-state index contributed by atoms with van der Waals surface area (Å²) in [7, 11) is 0. The fraction of sp³-hybridized carbons (Fsp3) is 0.417. The minimum Gasteiger partial charge on any atom is -0.377 e. The van der Waals surface area contributed by atoms with Crippen molar-refractivity contribution in [2.24, 2.45) is 5.73 Å². The number of amides is 1. The van der Waals surface area contributed by atoms with Gasteiger partial charge in [-0.05, 0) is 47.7 Å². The molecule has 0 bridgehead atoms. The Bertz CT molecular complexity index is 415. The molecule has 0 spiro atoms. The minimum atomic E-state index is -0.222. The molecule has 0 radical (unpaired) electrons. The molecule has 0 heterocycles. The van der Waals surface area contributed by atoms with Crippen LogP contribution in [0.15, 0.2) is 22.7 Å². The Hall–Kier alpha value is -0.180. The van der Waals surface area contributed by atoms with Gasteiger partial charge in [0.2, 0.25) is 5.91 Å². The van der Waals surface area contributed by atoms with E-state index in [4.69, 9.17) is 10.5 Å². The molecule has 3 N–H and O–H groups in total. The fourth-order valence-corrected chi connectivity index (χ4v) is 2.28. The van der Waals surface area contributed by atoms with Gasteiger partial charge in [-0.1, -0.05) is 15.9 Å². The van der Waals surface area contributed by atoms with Crippen molar-refractivity contribution in [2.45, 2.75) is 19.4 Å². The summed E-state index contributed by atoms with van der Waals surface area (Å²) in [5.41, 5.74) is 6.33. The molecular weight excluding hydrogens is 411 g/mol. The summed E-state index contributed by atoms with van der Waals surface area (Å²) in [6.07, 6.45) is 0.0484. The highest BCUT2D eigenvalue weighted by Crippen LogP contribution is 2.23. The summed E-state index contributed by atoms with van der Waals surface area (Å²) >= 11 is 5.55. The Morgan fingerprint density at radius 3 is 2.94 bits per heavy atom. The standard InChI is InChI=1S/C12H16BrIN2O2/c1-2-18-9(7-15)6-12(17)16-11-5-8(13)3-4-10(11)14/h3-5,9H,2,6-7,15H2,1H3,(H,16,17). The predicted molar refractivity (Wildman–Crippen MR) is 84.6 cm³/mol. The second-order valence-electron chi connectivity index (χ2n) is 3.69. The van der Waals surface area contributed by atoms with Gasteiger partial charge in [-0.2, -0.15) is 0 Å². The van der Waals surface area contributed by atoms with Crippen molar-refractivity contribution in [2.75, 3.05) is 18.5 Å². The topological polar surface area (TPSA) is 64.3 Å². The lowest BCUT2D eigenvalue weighted by atomic mass is 10.2. The maximum absolute atomic E-state index is 11.9. The summed E-state index contributed by atoms with van der Waals surface area (Å²) < 4.78 is 7.28. The molecule has 100 valence electrons. The van der Waals surface area contributed by atoms with E-state index in [-0.39, 0.29) is 18.4 Å². The lowest BCUT2D eigenvalue weighted by Gasteiger charge is -2.15. The van der Waals surface area contributed by atoms with E-state index in [2.05, 4.69) is 43.8 Å². The van der Waals surface area contributed by atoms with Gasteiger partial charge in [0.15, 0.2) is 0 Å². The van der Waals surface area contributed by atoms with E-state index in [1.807, 2.05) is 25.1 Å². The van der Waals surface area contributed by atoms with E-state index in [0.717, 1.165) is 13.7 Å². The molecule has 0 fully saturated rings. The van der Waals surface area contributed by atoms with Crippen LogP contribution in [0, 0.1) is 3.57 Å². The predicted octanol–water partition coefficient (Wildman–Crippen LogP) is 2.75. The molecule has 1 rings (SSSR count). The first-order chi connectivity index (χ1) is 8.56. The number of hydrogen-bond donors (Lipinski definition) is 2. The Morgan fingerprint density at radius 1 is 1.61 bits per heavy atom. The highest BCUT2D eigenvalue weighted by molar-refractivity contribution is 14.1. The number of carbonyl (C=O) groups is 1. The molecule has 0 aromatic heterocycles. The summed E-state index contributed by atoms with van der Waals surface area (Å²) in [4.78, 5) is 11.9. The maximum atomic E-state index is 11.9. The molecule has 1 unspecified atom stereocenters. The molecule has 0 aliphatic carbocycles. The van der Waals surface area contributed by atoms with Crippen molar-refractivity contribution in [1.82, 2.24) is 0 Å². The molecule has 1 amide bonds. The number of benzene rings is 1. The third-order valence-electron chi connectivity index (χ3n) is 2.28. The van der Waals surface area contributed by atoms with Crippen LogP contribution in [0.25, 0.3) is 0 Å². The van der Waals surface area contributed by atoms with Crippen LogP contribution in [0.2, 0.25) is 0 Å². The van der Waals surface area contributed by atoms with Gasteiger partial charge in [-0.3, -0.25) is 4.79 Å². The summed E-state index contributed by atoms with van der Waals surface area (Å²) in [6, 6.07) is 5.74. The third kappa shape index (κ3) is 5.21. The van der Waals surface area contributed by atoms with Gasteiger partial charge in [-0.15, -0.1) is 0 Å². The Balaban J connectivity index is 2.61. The van der Waals surface area contributed by atoms with Gasteiger partial charge in [0.05, 0.1) is 18.2 Å². The largest absolute Gasteiger partial charge is 0.377 e. The van der Waals surface area contributed by atoms with Gasteiger partial charge in [0.25, 0.3) is 0 Å². The molecule has 0 aliphatic rings. The van der Waals surface area contributed by atoms with Crippen LogP contribution in [-0.2, 0) is 9.53 Å². The zero-order valence-corrected chi connectivity index (χ0v) is 13.8. The molecule has 0 saturated carbocycles. The van der Waals surface area contributed by atoms with Crippen LogP contribution < -0.4 is 11.1 Å². The van der Waals surface area contributed by atoms with Gasteiger partial charge >= 0.3 is 0 Å². The van der Waals surface area contributed by atoms with Crippen molar-refractivity contribution in [3.05, 3.63) is 26.2 Å². The van der Waals surface area contributed by atoms with Crippen molar-refractivity contribution >= 4 is 50.1 Å². The lowest BCUT2D eigenvalue weighted by Crippen LogP contribution is -2.29. The number of carbonyl (C=O) groups excluding carboxylic acids is 1. The van der Waals surface area contributed by atoms with Crippen LogP contribution in [0.4, 0.5) is 5.69 Å². The van der Waals surface area contributed by atoms with Crippen LogP contribution >= 0.6 is 38.5 Å². The second-order valence-corrected chi connectivity index (χ2v) is 5.77. The molecule has 1 aromatic rings. The number of nitrogens with two attached hydrogens (primary N) is 1. The van der Waals surface area contributed by atoms with Crippen molar-refractivity contribution < 1.29 is 9.53 Å². The van der Waals surface area contributed by atoms with E-state index >= 15 is 0 Å². The SMILES string of the molecule is CCOC(CN)CC(=O)Nc1cc(Br)ccc1I. The van der Waals surface area contributed by atoms with E-state index in [9.17, 15) is 4.79 Å². The quantitative estimate of drug-likeness (QED) is 0.687. The van der Waals surface area contributed by atoms with Gasteiger partial charge < -0.3 is 15.8 Å². The third-order valence-corrected chi connectivity index (χ3v) is 3.71. The van der Waals surface area contributed by atoms with E-state index < -0.39 is 0 Å². The molecule has 1 atom stereocenters. The van der Waals surface area contributed by atoms with E-state index in [1.165, 1.54) is 0 Å². The molecule has 0 saturated heterocycles. The minimum absolute atomic E-state index is 0.0880. The van der Waals surface area contributed by atoms with Gasteiger partial charge in [-0.25, -0.2) is 0 Å². The summed E-state index contributed by atoms with van der Waals surface area (Å²) in [5, 5.41) is 2.86. The Labute approximate surface area is 129 Å². The van der Waals surface area contributed by atoms with Crippen molar-refractivity contribution in [3.8, 4) is 0 Å². The molecule has 1 aromatic carbocycles. The molecule has 4 nitrogen and oxygen atoms in total. The first kappa shape index (κ1) is 15.9. The van der Waals surface area contributed by atoms with Crippen LogP contribution in [0.5, 0.6) is 0 Å². The number of rotatable bonds is 6. The van der Waals surface area contributed by atoms with Crippen molar-refractivity contribution in [3.63, 3.8) is 0 Å². The monoisotopic (exact) mass is 426 g/mol. The highest BCUT2D eigenvalue weighted by atomic mass is 127. The van der Waals surface area contributed by atoms with Gasteiger partial charge in [0.1, 0.15) is 0 Å². The highest BCUT2D eigenvalue weighted by Gasteiger charge is 2.13. The molecule has 0 aliphatic heterocycles. The smallest absolute Gasteiger partial charge is 0.227 e. The number of hydrogen-bond acceptors (Lipinski definition) is 3. The van der Waals surface area contributed by atoms with Gasteiger partial charge in [0, 0.05) is 21.2 Å². The number of ether oxygens (including phenoxy) is 1. The molecule has 18 heavy (non-hydrogen) atoms. The normalized spacial score (nSPS) is 12.2. The average molecular weight is 427 g/mol. The average Bonchev–Trinajstić information content (AvgIpc) is 2.33. The van der Waals surface area contributed by atoms with E-state index in [1.54, 1.807) is 0 Å². The maximum Gasteiger partial charge on any atom is 0.227 e. The zero-order valence-electron chi connectivity index (χ0n) is 10.1. The van der Waals surface area contributed by atoms with Crippen LogP contribution in [0.3, 0.4) is 0 Å². The second kappa shape index (κ2) is 8.08. The first-order valence-corrected chi connectivity index (χ1v) is 7.50. The van der Waals surface area contributed by atoms with Crippen LogP contribution in [0.1, 0.15) is 13.3 Å². The Kier molecular flexibility index (Phi) is 7.13. The summed E-state index contributed by atoms with van der Waals surface area (Å²) in [5.74, 6) is -0.0880. The Morgan fingerprint density at radius 2 is 2.33 bits per heavy atom. The van der Waals surface area contributed by atoms with E-state index in [0.29, 0.717) is 13.2 Å². The molecule has 6 heteroatoms. The fourth-order valence-electron chi connectivity index (χ4n) is 1.45. The lowest BCUT2D eigenvalue weighted by molar-refractivity contribution is -0.118. The zero-order chi connectivity index (χ0) is 13.5. The number of nitrogens with one attached hydrogen (secondary N) is 1. The molecular formula is C12H16BrIN2O2. The van der Waals surface area contributed by atoms with Crippen LogP contribution in [-0.4, -0.2) is 25.2 Å². The first-order valence-electron chi connectivity index (χ1n) is 5.63.